The maximum Gasteiger partial charge on any atom is 0.254 e. The number of carbonyl (C=O) groups excluding carboxylic acids is 2. The normalized spacial score (nSPS) is 21.5. The third kappa shape index (κ3) is 4.10. The number of amides is 2. The van der Waals surface area contributed by atoms with Crippen LogP contribution in [0.1, 0.15) is 36.0 Å². The van der Waals surface area contributed by atoms with Crippen LogP contribution in [-0.4, -0.2) is 53.3 Å². The van der Waals surface area contributed by atoms with Gasteiger partial charge in [-0.05, 0) is 49.9 Å². The third-order valence-corrected chi connectivity index (χ3v) is 5.27. The molecule has 0 spiro atoms. The topological polar surface area (TPSA) is 66.6 Å². The Bertz CT molecular complexity index is 588. The van der Waals surface area contributed by atoms with Gasteiger partial charge in [0.2, 0.25) is 5.91 Å². The minimum atomic E-state index is -0.319. The van der Waals surface area contributed by atoms with Crippen LogP contribution >= 0.6 is 28.3 Å². The van der Waals surface area contributed by atoms with Crippen LogP contribution in [-0.2, 0) is 4.79 Å². The second-order valence-electron chi connectivity index (χ2n) is 6.33. The van der Waals surface area contributed by atoms with Gasteiger partial charge in [-0.3, -0.25) is 9.59 Å². The number of likely N-dealkylation sites (tertiary alicyclic amines) is 2. The molecule has 132 valence electrons. The number of halogens is 2. The Morgan fingerprint density at radius 1 is 1.04 bits per heavy atom. The fourth-order valence-electron chi connectivity index (χ4n) is 3.36. The van der Waals surface area contributed by atoms with Crippen LogP contribution in [0.5, 0.6) is 0 Å². The summed E-state index contributed by atoms with van der Waals surface area (Å²) >= 11 is 3.37. The summed E-state index contributed by atoms with van der Waals surface area (Å²) in [4.78, 5) is 29.1. The molecule has 5 nitrogen and oxygen atoms in total. The minimum absolute atomic E-state index is 0. The first-order valence-corrected chi connectivity index (χ1v) is 8.96. The summed E-state index contributed by atoms with van der Waals surface area (Å²) in [5, 5.41) is 0. The van der Waals surface area contributed by atoms with Crippen molar-refractivity contribution in [3.05, 3.63) is 34.3 Å². The lowest BCUT2D eigenvalue weighted by Gasteiger charge is -2.34. The van der Waals surface area contributed by atoms with Gasteiger partial charge in [-0.1, -0.05) is 15.9 Å². The minimum Gasteiger partial charge on any atom is -0.341 e. The molecule has 2 aliphatic heterocycles. The first-order valence-electron chi connectivity index (χ1n) is 8.17. The summed E-state index contributed by atoms with van der Waals surface area (Å²) < 4.78 is 0.938. The van der Waals surface area contributed by atoms with Crippen LogP contribution in [0.15, 0.2) is 28.7 Å². The molecule has 2 N–H and O–H groups in total. The zero-order valence-corrected chi connectivity index (χ0v) is 15.9. The lowest BCUT2D eigenvalue weighted by molar-refractivity contribution is -0.136. The van der Waals surface area contributed by atoms with Gasteiger partial charge in [-0.25, -0.2) is 0 Å². The molecule has 7 heteroatoms. The Labute approximate surface area is 157 Å². The van der Waals surface area contributed by atoms with E-state index in [-0.39, 0.29) is 36.3 Å². The van der Waals surface area contributed by atoms with E-state index in [9.17, 15) is 9.59 Å². The van der Waals surface area contributed by atoms with Crippen LogP contribution in [0.25, 0.3) is 0 Å². The lowest BCUT2D eigenvalue weighted by Crippen LogP contribution is -2.51. The molecule has 2 heterocycles. The standard InChI is InChI=1S/C17H22BrN3O2.ClH/c18-13-5-3-12(4-6-13)16(22)21-9-1-2-15(21)17(23)20-10-7-14(19)8-11-20;/h3-6,14-15H,1-2,7-11,19H2;1H. The fraction of sp³-hybridized carbons (Fsp3) is 0.529. The number of hydrogen-bond donors (Lipinski definition) is 1. The van der Waals surface area contributed by atoms with Crippen LogP contribution in [0, 0.1) is 0 Å². The molecule has 1 unspecified atom stereocenters. The van der Waals surface area contributed by atoms with Gasteiger partial charge < -0.3 is 15.5 Å². The van der Waals surface area contributed by atoms with Crippen LogP contribution in [0.4, 0.5) is 0 Å². The Hall–Kier alpha value is -1.11. The molecule has 3 rings (SSSR count). The highest BCUT2D eigenvalue weighted by atomic mass is 79.9. The number of benzene rings is 1. The lowest BCUT2D eigenvalue weighted by atomic mass is 10.0. The van der Waals surface area contributed by atoms with E-state index in [4.69, 9.17) is 5.73 Å². The number of carbonyl (C=O) groups is 2. The van der Waals surface area contributed by atoms with Crippen LogP contribution < -0.4 is 5.73 Å². The van der Waals surface area contributed by atoms with Crippen molar-refractivity contribution in [2.75, 3.05) is 19.6 Å². The van der Waals surface area contributed by atoms with Gasteiger partial charge in [0, 0.05) is 35.7 Å². The van der Waals surface area contributed by atoms with Crippen molar-refractivity contribution < 1.29 is 9.59 Å². The molecule has 2 amide bonds. The van der Waals surface area contributed by atoms with E-state index in [0.717, 1.165) is 30.2 Å². The van der Waals surface area contributed by atoms with E-state index in [1.807, 2.05) is 17.0 Å². The van der Waals surface area contributed by atoms with Gasteiger partial charge in [0.05, 0.1) is 0 Å². The predicted octanol–water partition coefficient (Wildman–Crippen LogP) is 2.43. The molecular weight excluding hydrogens is 394 g/mol. The quantitative estimate of drug-likeness (QED) is 0.805. The van der Waals surface area contributed by atoms with E-state index in [1.165, 1.54) is 0 Å². The predicted molar refractivity (Wildman–Crippen MR) is 99.2 cm³/mol. The Balaban J connectivity index is 0.00000208. The molecule has 1 aromatic rings. The summed E-state index contributed by atoms with van der Waals surface area (Å²) in [6, 6.07) is 7.18. The van der Waals surface area contributed by atoms with E-state index in [1.54, 1.807) is 17.0 Å². The Kier molecular flexibility index (Phi) is 6.66. The fourth-order valence-corrected chi connectivity index (χ4v) is 3.62. The Morgan fingerprint density at radius 3 is 2.29 bits per heavy atom. The monoisotopic (exact) mass is 415 g/mol. The van der Waals surface area contributed by atoms with Crippen molar-refractivity contribution in [3.63, 3.8) is 0 Å². The molecule has 2 fully saturated rings. The smallest absolute Gasteiger partial charge is 0.254 e. The maximum absolute atomic E-state index is 12.8. The van der Waals surface area contributed by atoms with Gasteiger partial charge in [0.25, 0.3) is 5.91 Å². The molecule has 2 saturated heterocycles. The summed E-state index contributed by atoms with van der Waals surface area (Å²) in [6.45, 7) is 2.06. The van der Waals surface area contributed by atoms with Crippen LogP contribution in [0.3, 0.4) is 0 Å². The van der Waals surface area contributed by atoms with Gasteiger partial charge in [0.15, 0.2) is 0 Å². The Morgan fingerprint density at radius 2 is 1.67 bits per heavy atom. The zero-order chi connectivity index (χ0) is 16.4. The van der Waals surface area contributed by atoms with Crippen molar-refractivity contribution in [1.82, 2.24) is 9.80 Å². The van der Waals surface area contributed by atoms with Crippen molar-refractivity contribution in [2.45, 2.75) is 37.8 Å². The van der Waals surface area contributed by atoms with E-state index >= 15 is 0 Å². The zero-order valence-electron chi connectivity index (χ0n) is 13.5. The average Bonchev–Trinajstić information content (AvgIpc) is 3.04. The summed E-state index contributed by atoms with van der Waals surface area (Å²) in [7, 11) is 0. The summed E-state index contributed by atoms with van der Waals surface area (Å²) in [5.74, 6) is 0.0296. The first kappa shape index (κ1) is 19.2. The molecule has 0 saturated carbocycles. The summed E-state index contributed by atoms with van der Waals surface area (Å²) in [6.07, 6.45) is 3.33. The molecule has 2 aliphatic rings. The van der Waals surface area contributed by atoms with Crippen molar-refractivity contribution in [3.8, 4) is 0 Å². The van der Waals surface area contributed by atoms with E-state index in [2.05, 4.69) is 15.9 Å². The third-order valence-electron chi connectivity index (χ3n) is 4.74. The molecule has 0 aromatic heterocycles. The molecule has 0 aliphatic carbocycles. The second kappa shape index (κ2) is 8.32. The second-order valence-corrected chi connectivity index (χ2v) is 7.24. The van der Waals surface area contributed by atoms with Crippen molar-refractivity contribution in [1.29, 1.82) is 0 Å². The highest BCUT2D eigenvalue weighted by Gasteiger charge is 2.37. The molecular formula is C17H23BrClN3O2. The van der Waals surface area contributed by atoms with Crippen molar-refractivity contribution >= 4 is 40.2 Å². The maximum atomic E-state index is 12.8. The van der Waals surface area contributed by atoms with Crippen LogP contribution in [0.2, 0.25) is 0 Å². The summed E-state index contributed by atoms with van der Waals surface area (Å²) in [5.41, 5.74) is 6.54. The molecule has 0 bridgehead atoms. The van der Waals surface area contributed by atoms with Gasteiger partial charge >= 0.3 is 0 Å². The first-order chi connectivity index (χ1) is 11.1. The molecule has 1 atom stereocenters. The molecule has 24 heavy (non-hydrogen) atoms. The van der Waals surface area contributed by atoms with E-state index < -0.39 is 0 Å². The number of hydrogen-bond acceptors (Lipinski definition) is 3. The van der Waals surface area contributed by atoms with Gasteiger partial charge in [-0.15, -0.1) is 12.4 Å². The van der Waals surface area contributed by atoms with Gasteiger partial charge in [0.1, 0.15) is 6.04 Å². The average molecular weight is 417 g/mol. The van der Waals surface area contributed by atoms with Crippen molar-refractivity contribution in [2.24, 2.45) is 5.73 Å². The number of nitrogens with two attached hydrogens (primary N) is 1. The number of piperidine rings is 1. The highest BCUT2D eigenvalue weighted by Crippen LogP contribution is 2.24. The van der Waals surface area contributed by atoms with E-state index in [0.29, 0.717) is 25.2 Å². The molecule has 0 radical (unpaired) electrons. The highest BCUT2D eigenvalue weighted by molar-refractivity contribution is 9.10. The molecule has 1 aromatic carbocycles. The number of nitrogens with zero attached hydrogens (tertiary/aromatic N) is 2. The van der Waals surface area contributed by atoms with Gasteiger partial charge in [-0.2, -0.15) is 0 Å². The number of rotatable bonds is 2. The largest absolute Gasteiger partial charge is 0.341 e. The SMILES string of the molecule is Cl.NC1CCN(C(=O)C2CCCN2C(=O)c2ccc(Br)cc2)CC1.